The first kappa shape index (κ1) is 29.5. The van der Waals surface area contributed by atoms with Crippen molar-refractivity contribution in [2.24, 2.45) is 23.2 Å². The van der Waals surface area contributed by atoms with Crippen molar-refractivity contribution in [3.05, 3.63) is 30.3 Å². The van der Waals surface area contributed by atoms with Crippen molar-refractivity contribution >= 4 is 23.4 Å². The zero-order valence-electron chi connectivity index (χ0n) is 24.8. The molecule has 0 saturated carbocycles. The summed E-state index contributed by atoms with van der Waals surface area (Å²) in [5, 5.41) is 16.7. The Balaban J connectivity index is 1.77. The SMILES string of the molecule is CC[C@]12CCC3(O1)C(C(=O)NC(C)(C)CC(C)(C)C)N([C@@H](CO)C(C)C)C(=O)[C@@H]3[C@H]2C(=O)Nc1ccccc1. The van der Waals surface area contributed by atoms with Crippen LogP contribution >= 0.6 is 0 Å². The second-order valence-corrected chi connectivity index (χ2v) is 14.0. The molecule has 0 aromatic heterocycles. The molecule has 3 aliphatic heterocycles. The second kappa shape index (κ2) is 10.2. The van der Waals surface area contributed by atoms with Crippen molar-refractivity contribution in [3.8, 4) is 0 Å². The Morgan fingerprint density at radius 3 is 2.28 bits per heavy atom. The van der Waals surface area contributed by atoms with Gasteiger partial charge in [0, 0.05) is 11.2 Å². The quantitative estimate of drug-likeness (QED) is 0.436. The lowest BCUT2D eigenvalue weighted by molar-refractivity contribution is -0.152. The average molecular weight is 542 g/mol. The van der Waals surface area contributed by atoms with Gasteiger partial charge in [-0.2, -0.15) is 0 Å². The van der Waals surface area contributed by atoms with Crippen LogP contribution in [0.25, 0.3) is 0 Å². The summed E-state index contributed by atoms with van der Waals surface area (Å²) in [5.74, 6) is -2.46. The van der Waals surface area contributed by atoms with Crippen LogP contribution in [0.4, 0.5) is 5.69 Å². The Morgan fingerprint density at radius 2 is 1.74 bits per heavy atom. The highest BCUT2D eigenvalue weighted by Gasteiger charge is 2.79. The summed E-state index contributed by atoms with van der Waals surface area (Å²) in [6.07, 6.45) is 2.40. The predicted molar refractivity (Wildman–Crippen MR) is 151 cm³/mol. The lowest BCUT2D eigenvalue weighted by Crippen LogP contribution is -2.62. The van der Waals surface area contributed by atoms with E-state index in [2.05, 4.69) is 31.4 Å². The van der Waals surface area contributed by atoms with E-state index < -0.39 is 40.7 Å². The van der Waals surface area contributed by atoms with Crippen LogP contribution in [0.2, 0.25) is 0 Å². The molecule has 3 heterocycles. The number of nitrogens with zero attached hydrogens (tertiary/aromatic N) is 1. The molecule has 1 aromatic carbocycles. The average Bonchev–Trinajstić information content (AvgIpc) is 3.42. The largest absolute Gasteiger partial charge is 0.394 e. The number of hydrogen-bond acceptors (Lipinski definition) is 5. The van der Waals surface area contributed by atoms with E-state index in [0.717, 1.165) is 6.42 Å². The van der Waals surface area contributed by atoms with Crippen LogP contribution in [-0.4, -0.2) is 63.2 Å². The Morgan fingerprint density at radius 1 is 1.10 bits per heavy atom. The molecular formula is C31H47N3O5. The van der Waals surface area contributed by atoms with Crippen LogP contribution < -0.4 is 10.6 Å². The third-order valence-electron chi connectivity index (χ3n) is 8.94. The Labute approximate surface area is 233 Å². The number of fused-ring (bicyclic) bond motifs is 1. The summed E-state index contributed by atoms with van der Waals surface area (Å²) >= 11 is 0. The smallest absolute Gasteiger partial charge is 0.246 e. The Bertz CT molecular complexity index is 1100. The van der Waals surface area contributed by atoms with E-state index in [1.807, 2.05) is 65.0 Å². The number of aliphatic hydroxyl groups is 1. The molecule has 0 radical (unpaired) electrons. The molecule has 4 rings (SSSR count). The molecule has 3 aliphatic rings. The number of likely N-dealkylation sites (tertiary alicyclic amines) is 1. The lowest BCUT2D eigenvalue weighted by Gasteiger charge is -2.41. The van der Waals surface area contributed by atoms with E-state index >= 15 is 0 Å². The number of nitrogens with one attached hydrogen (secondary N) is 2. The highest BCUT2D eigenvalue weighted by Crippen LogP contribution is 2.64. The van der Waals surface area contributed by atoms with Crippen LogP contribution in [0.3, 0.4) is 0 Å². The van der Waals surface area contributed by atoms with Crippen LogP contribution in [0, 0.1) is 23.2 Å². The number of ether oxygens (including phenoxy) is 1. The highest BCUT2D eigenvalue weighted by molar-refractivity contribution is 6.02. The molecule has 1 aromatic rings. The molecule has 0 aliphatic carbocycles. The number of hydrogen-bond donors (Lipinski definition) is 3. The molecule has 3 amide bonds. The minimum atomic E-state index is -1.13. The minimum Gasteiger partial charge on any atom is -0.394 e. The Hall–Kier alpha value is -2.45. The first-order valence-corrected chi connectivity index (χ1v) is 14.4. The maximum Gasteiger partial charge on any atom is 0.246 e. The van der Waals surface area contributed by atoms with Crippen LogP contribution in [0.5, 0.6) is 0 Å². The van der Waals surface area contributed by atoms with Gasteiger partial charge in [-0.15, -0.1) is 0 Å². The monoisotopic (exact) mass is 541 g/mol. The number of rotatable bonds is 9. The number of carbonyl (C=O) groups is 3. The first-order valence-electron chi connectivity index (χ1n) is 14.4. The van der Waals surface area contributed by atoms with Crippen molar-refractivity contribution in [1.29, 1.82) is 0 Å². The van der Waals surface area contributed by atoms with Gasteiger partial charge in [-0.25, -0.2) is 0 Å². The van der Waals surface area contributed by atoms with Gasteiger partial charge in [0.25, 0.3) is 0 Å². The van der Waals surface area contributed by atoms with E-state index in [1.165, 1.54) is 0 Å². The molecule has 3 saturated heterocycles. The fourth-order valence-electron chi connectivity index (χ4n) is 7.84. The van der Waals surface area contributed by atoms with Crippen LogP contribution in [0.15, 0.2) is 30.3 Å². The van der Waals surface area contributed by atoms with Gasteiger partial charge in [-0.1, -0.05) is 59.7 Å². The highest BCUT2D eigenvalue weighted by atomic mass is 16.5. The number of anilines is 1. The molecule has 8 heteroatoms. The topological polar surface area (TPSA) is 108 Å². The van der Waals surface area contributed by atoms with Gasteiger partial charge in [-0.05, 0) is 63.0 Å². The van der Waals surface area contributed by atoms with Crippen LogP contribution in [0.1, 0.15) is 81.1 Å². The standard InChI is InChI=1S/C31H47N3O5/c1-9-30-15-16-31(39-30)23(22(30)25(36)32-20-13-11-10-12-14-20)27(38)34(21(17-35)19(2)3)24(31)26(37)33-29(7,8)18-28(4,5)6/h10-14,19,21-24,35H,9,15-18H2,1-8H3,(H,32,36)(H,33,37)/t21-,22-,23-,24?,30+,31?/m0/s1. The van der Waals surface area contributed by atoms with Crippen molar-refractivity contribution < 1.29 is 24.2 Å². The fourth-order valence-corrected chi connectivity index (χ4v) is 7.84. The molecule has 39 heavy (non-hydrogen) atoms. The molecule has 1 spiro atoms. The van der Waals surface area contributed by atoms with Gasteiger partial charge < -0.3 is 25.4 Å². The second-order valence-electron chi connectivity index (χ2n) is 14.0. The number of para-hydroxylation sites is 1. The molecule has 3 fully saturated rings. The van der Waals surface area contributed by atoms with Gasteiger partial charge in [0.15, 0.2) is 0 Å². The van der Waals surface area contributed by atoms with Gasteiger partial charge >= 0.3 is 0 Å². The molecule has 2 bridgehead atoms. The molecular weight excluding hydrogens is 494 g/mol. The number of benzene rings is 1. The van der Waals surface area contributed by atoms with Crippen LogP contribution in [-0.2, 0) is 19.1 Å². The van der Waals surface area contributed by atoms with E-state index in [0.29, 0.717) is 24.9 Å². The van der Waals surface area contributed by atoms with E-state index in [9.17, 15) is 19.5 Å². The van der Waals surface area contributed by atoms with Gasteiger partial charge in [-0.3, -0.25) is 14.4 Å². The summed E-state index contributed by atoms with van der Waals surface area (Å²) in [5.41, 5.74) is -1.85. The van der Waals surface area contributed by atoms with Crippen molar-refractivity contribution in [1.82, 2.24) is 10.2 Å². The lowest BCUT2D eigenvalue weighted by atomic mass is 9.65. The molecule has 216 valence electrons. The maximum atomic E-state index is 14.4. The van der Waals surface area contributed by atoms with E-state index in [-0.39, 0.29) is 35.7 Å². The summed E-state index contributed by atoms with van der Waals surface area (Å²) in [6, 6.07) is 7.70. The van der Waals surface area contributed by atoms with Gasteiger partial charge in [0.05, 0.1) is 30.1 Å². The predicted octanol–water partition coefficient (Wildman–Crippen LogP) is 4.13. The minimum absolute atomic E-state index is 0.0243. The zero-order chi connectivity index (χ0) is 29.0. The number of aliphatic hydroxyl groups excluding tert-OH is 1. The van der Waals surface area contributed by atoms with Gasteiger partial charge in [0.1, 0.15) is 11.6 Å². The van der Waals surface area contributed by atoms with Crippen molar-refractivity contribution in [2.45, 2.75) is 110 Å². The third-order valence-corrected chi connectivity index (χ3v) is 8.94. The number of carbonyl (C=O) groups excluding carboxylic acids is 3. The summed E-state index contributed by atoms with van der Waals surface area (Å²) in [7, 11) is 0. The number of amides is 3. The van der Waals surface area contributed by atoms with Gasteiger partial charge in [0.2, 0.25) is 17.7 Å². The van der Waals surface area contributed by atoms with E-state index in [1.54, 1.807) is 4.90 Å². The van der Waals surface area contributed by atoms with Crippen molar-refractivity contribution in [2.75, 3.05) is 11.9 Å². The summed E-state index contributed by atoms with van der Waals surface area (Å²) in [4.78, 5) is 44.1. The Kier molecular flexibility index (Phi) is 7.71. The molecule has 8 nitrogen and oxygen atoms in total. The first-order chi connectivity index (χ1) is 18.1. The fraction of sp³-hybridized carbons (Fsp3) is 0.710. The maximum absolute atomic E-state index is 14.4. The normalized spacial score (nSPS) is 31.0. The molecule has 3 N–H and O–H groups in total. The molecule has 6 atom stereocenters. The summed E-state index contributed by atoms with van der Waals surface area (Å²) < 4.78 is 6.85. The van der Waals surface area contributed by atoms with Crippen molar-refractivity contribution in [3.63, 3.8) is 0 Å². The van der Waals surface area contributed by atoms with E-state index in [4.69, 9.17) is 4.74 Å². The zero-order valence-corrected chi connectivity index (χ0v) is 24.8. The third kappa shape index (κ3) is 5.10. The summed E-state index contributed by atoms with van der Waals surface area (Å²) in [6.45, 7) is 16.0. The molecule has 2 unspecified atom stereocenters.